The molecule has 0 aromatic heterocycles. The summed E-state index contributed by atoms with van der Waals surface area (Å²) in [5.74, 6) is 1.75. The van der Waals surface area contributed by atoms with Crippen molar-refractivity contribution in [3.05, 3.63) is 23.8 Å². The highest BCUT2D eigenvalue weighted by atomic mass is 16.5. The molecule has 0 bridgehead atoms. The van der Waals surface area contributed by atoms with Gasteiger partial charge >= 0.3 is 0 Å². The molecule has 1 saturated heterocycles. The molecule has 0 N–H and O–H groups in total. The third-order valence-corrected chi connectivity index (χ3v) is 3.89. The van der Waals surface area contributed by atoms with Crippen molar-refractivity contribution in [1.29, 1.82) is 0 Å². The van der Waals surface area contributed by atoms with Crippen LogP contribution in [0.15, 0.2) is 18.2 Å². The number of hydrogen-bond acceptors (Lipinski definition) is 4. The molecule has 1 atom stereocenters. The fourth-order valence-electron chi connectivity index (χ4n) is 2.87. The topological polar surface area (TPSA) is 30.9 Å². The lowest BCUT2D eigenvalue weighted by molar-refractivity contribution is 0.108. The minimum atomic E-state index is 0.427. The van der Waals surface area contributed by atoms with Crippen LogP contribution >= 0.6 is 0 Å². The summed E-state index contributed by atoms with van der Waals surface area (Å²) in [6.07, 6.45) is 2.40. The minimum absolute atomic E-state index is 0.427. The smallest absolute Gasteiger partial charge is 0.127 e. The average molecular weight is 279 g/mol. The SMILES string of the molecule is CCOCCN1CCCC1c1ccc(OC)cc1OC. The van der Waals surface area contributed by atoms with E-state index in [0.29, 0.717) is 6.04 Å². The van der Waals surface area contributed by atoms with Crippen LogP contribution in [0, 0.1) is 0 Å². The zero-order chi connectivity index (χ0) is 14.4. The molecular weight excluding hydrogens is 254 g/mol. The molecule has 1 fully saturated rings. The van der Waals surface area contributed by atoms with Crippen molar-refractivity contribution in [1.82, 2.24) is 4.90 Å². The number of benzene rings is 1. The maximum absolute atomic E-state index is 5.54. The van der Waals surface area contributed by atoms with Gasteiger partial charge < -0.3 is 14.2 Å². The van der Waals surface area contributed by atoms with Gasteiger partial charge in [-0.2, -0.15) is 0 Å². The summed E-state index contributed by atoms with van der Waals surface area (Å²) >= 11 is 0. The van der Waals surface area contributed by atoms with E-state index >= 15 is 0 Å². The first-order chi connectivity index (χ1) is 9.80. The number of nitrogens with zero attached hydrogens (tertiary/aromatic N) is 1. The van der Waals surface area contributed by atoms with E-state index in [4.69, 9.17) is 14.2 Å². The molecule has 1 heterocycles. The minimum Gasteiger partial charge on any atom is -0.497 e. The molecule has 4 nitrogen and oxygen atoms in total. The van der Waals surface area contributed by atoms with Crippen molar-refractivity contribution >= 4 is 0 Å². The van der Waals surface area contributed by atoms with Crippen LogP contribution in [-0.2, 0) is 4.74 Å². The maximum atomic E-state index is 5.54. The van der Waals surface area contributed by atoms with Gasteiger partial charge in [-0.1, -0.05) is 6.07 Å². The summed E-state index contributed by atoms with van der Waals surface area (Å²) in [4.78, 5) is 2.49. The summed E-state index contributed by atoms with van der Waals surface area (Å²) < 4.78 is 16.3. The standard InChI is InChI=1S/C16H25NO3/c1-4-20-11-10-17-9-5-6-15(17)14-8-7-13(18-2)12-16(14)19-3/h7-8,12,15H,4-6,9-11H2,1-3H3. The van der Waals surface area contributed by atoms with Crippen molar-refractivity contribution in [3.8, 4) is 11.5 Å². The lowest BCUT2D eigenvalue weighted by Crippen LogP contribution is -2.27. The summed E-state index contributed by atoms with van der Waals surface area (Å²) in [5, 5.41) is 0. The molecule has 1 aliphatic rings. The Labute approximate surface area is 121 Å². The highest BCUT2D eigenvalue weighted by Gasteiger charge is 2.28. The second-order valence-corrected chi connectivity index (χ2v) is 5.00. The largest absolute Gasteiger partial charge is 0.497 e. The van der Waals surface area contributed by atoms with Gasteiger partial charge in [0.25, 0.3) is 0 Å². The van der Waals surface area contributed by atoms with Crippen LogP contribution in [0.3, 0.4) is 0 Å². The van der Waals surface area contributed by atoms with Crippen LogP contribution in [0.2, 0.25) is 0 Å². The van der Waals surface area contributed by atoms with Gasteiger partial charge in [0.15, 0.2) is 0 Å². The Hall–Kier alpha value is -1.26. The Morgan fingerprint density at radius 3 is 2.80 bits per heavy atom. The fourth-order valence-corrected chi connectivity index (χ4v) is 2.87. The first-order valence-corrected chi connectivity index (χ1v) is 7.33. The molecular formula is C16H25NO3. The van der Waals surface area contributed by atoms with E-state index in [2.05, 4.69) is 11.0 Å². The zero-order valence-electron chi connectivity index (χ0n) is 12.7. The van der Waals surface area contributed by atoms with Gasteiger partial charge in [0.1, 0.15) is 11.5 Å². The van der Waals surface area contributed by atoms with E-state index in [1.807, 2.05) is 19.1 Å². The molecule has 1 aliphatic heterocycles. The summed E-state index contributed by atoms with van der Waals surface area (Å²) in [5.41, 5.74) is 1.25. The van der Waals surface area contributed by atoms with E-state index in [1.165, 1.54) is 18.4 Å². The molecule has 0 spiro atoms. The summed E-state index contributed by atoms with van der Waals surface area (Å²) in [7, 11) is 3.40. The van der Waals surface area contributed by atoms with E-state index in [1.54, 1.807) is 14.2 Å². The van der Waals surface area contributed by atoms with Crippen molar-refractivity contribution in [3.63, 3.8) is 0 Å². The highest BCUT2D eigenvalue weighted by Crippen LogP contribution is 2.38. The monoisotopic (exact) mass is 279 g/mol. The van der Waals surface area contributed by atoms with Crippen molar-refractivity contribution in [2.45, 2.75) is 25.8 Å². The number of rotatable bonds is 7. The van der Waals surface area contributed by atoms with Gasteiger partial charge in [-0.05, 0) is 32.4 Å². The molecule has 1 unspecified atom stereocenters. The van der Waals surface area contributed by atoms with Crippen LogP contribution in [-0.4, -0.2) is 45.4 Å². The molecule has 4 heteroatoms. The van der Waals surface area contributed by atoms with Gasteiger partial charge in [0, 0.05) is 30.8 Å². The number of hydrogen-bond donors (Lipinski definition) is 0. The van der Waals surface area contributed by atoms with Gasteiger partial charge in [0.05, 0.1) is 20.8 Å². The third kappa shape index (κ3) is 3.44. The van der Waals surface area contributed by atoms with Crippen molar-refractivity contribution in [2.75, 3.05) is 40.5 Å². The maximum Gasteiger partial charge on any atom is 0.127 e. The first kappa shape index (κ1) is 15.1. The number of likely N-dealkylation sites (tertiary alicyclic amines) is 1. The Balaban J connectivity index is 2.12. The van der Waals surface area contributed by atoms with E-state index in [-0.39, 0.29) is 0 Å². The Morgan fingerprint density at radius 2 is 2.10 bits per heavy atom. The van der Waals surface area contributed by atoms with Crippen molar-refractivity contribution < 1.29 is 14.2 Å². The van der Waals surface area contributed by atoms with Crippen LogP contribution in [0.25, 0.3) is 0 Å². The van der Waals surface area contributed by atoms with Crippen LogP contribution in [0.4, 0.5) is 0 Å². The van der Waals surface area contributed by atoms with E-state index < -0.39 is 0 Å². The lowest BCUT2D eigenvalue weighted by Gasteiger charge is -2.26. The lowest BCUT2D eigenvalue weighted by atomic mass is 10.0. The van der Waals surface area contributed by atoms with Gasteiger partial charge in [-0.25, -0.2) is 0 Å². The fraction of sp³-hybridized carbons (Fsp3) is 0.625. The molecule has 0 saturated carbocycles. The van der Waals surface area contributed by atoms with Crippen LogP contribution < -0.4 is 9.47 Å². The van der Waals surface area contributed by atoms with Crippen LogP contribution in [0.5, 0.6) is 11.5 Å². The first-order valence-electron chi connectivity index (χ1n) is 7.33. The Bertz CT molecular complexity index is 422. The molecule has 0 aliphatic carbocycles. The molecule has 20 heavy (non-hydrogen) atoms. The van der Waals surface area contributed by atoms with Gasteiger partial charge in [0.2, 0.25) is 0 Å². The third-order valence-electron chi connectivity index (χ3n) is 3.89. The second kappa shape index (κ2) is 7.50. The van der Waals surface area contributed by atoms with Crippen LogP contribution in [0.1, 0.15) is 31.4 Å². The highest BCUT2D eigenvalue weighted by molar-refractivity contribution is 5.42. The Kier molecular flexibility index (Phi) is 5.68. The second-order valence-electron chi connectivity index (χ2n) is 5.00. The van der Waals surface area contributed by atoms with Crippen molar-refractivity contribution in [2.24, 2.45) is 0 Å². The summed E-state index contributed by atoms with van der Waals surface area (Å²) in [6, 6.07) is 6.53. The normalized spacial score (nSPS) is 19.2. The van der Waals surface area contributed by atoms with Gasteiger partial charge in [-0.15, -0.1) is 0 Å². The molecule has 2 rings (SSSR count). The zero-order valence-corrected chi connectivity index (χ0v) is 12.7. The predicted octanol–water partition coefficient (Wildman–Crippen LogP) is 2.88. The van der Waals surface area contributed by atoms with E-state index in [9.17, 15) is 0 Å². The van der Waals surface area contributed by atoms with E-state index in [0.717, 1.165) is 37.8 Å². The molecule has 0 amide bonds. The van der Waals surface area contributed by atoms with Gasteiger partial charge in [-0.3, -0.25) is 4.90 Å². The molecule has 112 valence electrons. The quantitative estimate of drug-likeness (QED) is 0.718. The average Bonchev–Trinajstić information content (AvgIpc) is 2.95. The summed E-state index contributed by atoms with van der Waals surface area (Å²) in [6.45, 7) is 5.73. The predicted molar refractivity (Wildman–Crippen MR) is 79.6 cm³/mol. The molecule has 1 aromatic carbocycles. The number of ether oxygens (including phenoxy) is 3. The number of methoxy groups -OCH3 is 2. The Morgan fingerprint density at radius 1 is 1.25 bits per heavy atom. The molecule has 1 aromatic rings. The molecule has 0 radical (unpaired) electrons.